The lowest BCUT2D eigenvalue weighted by Gasteiger charge is -2.12. The molecule has 0 radical (unpaired) electrons. The molecule has 1 aromatic rings. The topological polar surface area (TPSA) is 66.4 Å². The number of nitrogens with one attached hydrogen (secondary N) is 1. The maximum Gasteiger partial charge on any atom is 0.303 e. The highest BCUT2D eigenvalue weighted by Crippen LogP contribution is 2.16. The molecule has 0 bridgehead atoms. The van der Waals surface area contributed by atoms with E-state index < -0.39 is 17.7 Å². The van der Waals surface area contributed by atoms with Crippen LogP contribution in [0.25, 0.3) is 0 Å². The molecule has 1 atom stereocenters. The average molecular weight is 318 g/mol. The van der Waals surface area contributed by atoms with Crippen LogP contribution in [0.1, 0.15) is 30.1 Å². The molecular weight excluding hydrogens is 305 g/mol. The van der Waals surface area contributed by atoms with Crippen LogP contribution in [0.4, 0.5) is 4.39 Å². The third-order valence-electron chi connectivity index (χ3n) is 2.35. The van der Waals surface area contributed by atoms with Crippen LogP contribution in [-0.4, -0.2) is 23.0 Å². The number of carbonyl (C=O) groups excluding carboxylic acids is 1. The summed E-state index contributed by atoms with van der Waals surface area (Å²) in [6.07, 6.45) is 0.316. The fourth-order valence-electron chi connectivity index (χ4n) is 1.36. The fraction of sp³-hybridized carbons (Fsp3) is 0.333. The molecule has 1 amide bonds. The van der Waals surface area contributed by atoms with E-state index in [4.69, 9.17) is 5.11 Å². The predicted octanol–water partition coefficient (Wildman–Crippen LogP) is 2.57. The summed E-state index contributed by atoms with van der Waals surface area (Å²) in [5, 5.41) is 11.1. The van der Waals surface area contributed by atoms with Crippen LogP contribution in [-0.2, 0) is 4.79 Å². The summed E-state index contributed by atoms with van der Waals surface area (Å²) in [5.74, 6) is -1.84. The maximum atomic E-state index is 13.2. The molecule has 1 rings (SSSR count). The van der Waals surface area contributed by atoms with Gasteiger partial charge in [-0.1, -0.05) is 0 Å². The van der Waals surface area contributed by atoms with Crippen LogP contribution in [0.15, 0.2) is 22.7 Å². The SMILES string of the molecule is CC(CCC(=O)O)NC(=O)c1ccc(Br)c(F)c1. The highest BCUT2D eigenvalue weighted by Gasteiger charge is 2.12. The first kappa shape index (κ1) is 14.6. The van der Waals surface area contributed by atoms with Crippen LogP contribution in [0.2, 0.25) is 0 Å². The van der Waals surface area contributed by atoms with Crippen LogP contribution >= 0.6 is 15.9 Å². The summed E-state index contributed by atoms with van der Waals surface area (Å²) in [4.78, 5) is 22.1. The van der Waals surface area contributed by atoms with Gasteiger partial charge < -0.3 is 10.4 Å². The van der Waals surface area contributed by atoms with Crippen molar-refractivity contribution >= 4 is 27.8 Å². The van der Waals surface area contributed by atoms with Crippen LogP contribution < -0.4 is 5.32 Å². The van der Waals surface area contributed by atoms with E-state index in [-0.39, 0.29) is 22.5 Å². The van der Waals surface area contributed by atoms with Gasteiger partial charge in [0.15, 0.2) is 0 Å². The fourth-order valence-corrected chi connectivity index (χ4v) is 1.60. The number of carboxylic acids is 1. The zero-order chi connectivity index (χ0) is 13.7. The Morgan fingerprint density at radius 3 is 2.72 bits per heavy atom. The number of carboxylic acid groups (broad SMARTS) is 1. The molecule has 0 saturated carbocycles. The Kier molecular flexibility index (Phi) is 5.27. The molecule has 6 heteroatoms. The van der Waals surface area contributed by atoms with E-state index in [2.05, 4.69) is 21.2 Å². The van der Waals surface area contributed by atoms with Crippen molar-refractivity contribution in [1.29, 1.82) is 0 Å². The standard InChI is InChI=1S/C12H13BrFNO3/c1-7(2-5-11(16)17)15-12(18)8-3-4-9(13)10(14)6-8/h3-4,6-7H,2,5H2,1H3,(H,15,18)(H,16,17). The molecule has 0 aliphatic heterocycles. The van der Waals surface area contributed by atoms with Crippen LogP contribution in [0.5, 0.6) is 0 Å². The Balaban J connectivity index is 2.59. The summed E-state index contributed by atoms with van der Waals surface area (Å²) < 4.78 is 13.5. The molecule has 0 fully saturated rings. The minimum absolute atomic E-state index is 0.0177. The van der Waals surface area contributed by atoms with E-state index in [1.165, 1.54) is 12.1 Å². The number of carbonyl (C=O) groups is 2. The van der Waals surface area contributed by atoms with Gasteiger partial charge in [-0.2, -0.15) is 0 Å². The predicted molar refractivity (Wildman–Crippen MR) is 67.9 cm³/mol. The van der Waals surface area contributed by atoms with E-state index in [1.54, 1.807) is 6.92 Å². The number of hydrogen-bond acceptors (Lipinski definition) is 2. The second-order valence-electron chi connectivity index (χ2n) is 3.94. The van der Waals surface area contributed by atoms with Crippen molar-refractivity contribution in [2.75, 3.05) is 0 Å². The molecule has 4 nitrogen and oxygen atoms in total. The number of aliphatic carboxylic acids is 1. The highest BCUT2D eigenvalue weighted by molar-refractivity contribution is 9.10. The van der Waals surface area contributed by atoms with E-state index in [1.807, 2.05) is 0 Å². The Morgan fingerprint density at radius 2 is 2.17 bits per heavy atom. The smallest absolute Gasteiger partial charge is 0.303 e. The van der Waals surface area contributed by atoms with E-state index in [9.17, 15) is 14.0 Å². The molecule has 1 unspecified atom stereocenters. The lowest BCUT2D eigenvalue weighted by atomic mass is 10.1. The highest BCUT2D eigenvalue weighted by atomic mass is 79.9. The van der Waals surface area contributed by atoms with Gasteiger partial charge in [0.2, 0.25) is 0 Å². The van der Waals surface area contributed by atoms with Gasteiger partial charge >= 0.3 is 5.97 Å². The third-order valence-corrected chi connectivity index (χ3v) is 2.99. The van der Waals surface area contributed by atoms with Gasteiger partial charge in [-0.05, 0) is 47.5 Å². The molecule has 1 aromatic carbocycles. The molecule has 0 spiro atoms. The summed E-state index contributed by atoms with van der Waals surface area (Å²) in [6, 6.07) is 3.79. The molecule has 0 aliphatic carbocycles. The van der Waals surface area contributed by atoms with Crippen molar-refractivity contribution in [3.63, 3.8) is 0 Å². The minimum atomic E-state index is -0.911. The van der Waals surface area contributed by atoms with Crippen molar-refractivity contribution in [1.82, 2.24) is 5.32 Å². The van der Waals surface area contributed by atoms with Crippen LogP contribution in [0.3, 0.4) is 0 Å². The van der Waals surface area contributed by atoms with E-state index in [0.29, 0.717) is 6.42 Å². The zero-order valence-electron chi connectivity index (χ0n) is 9.74. The quantitative estimate of drug-likeness (QED) is 0.877. The van der Waals surface area contributed by atoms with Gasteiger partial charge in [0.05, 0.1) is 4.47 Å². The maximum absolute atomic E-state index is 13.2. The minimum Gasteiger partial charge on any atom is -0.481 e. The van der Waals surface area contributed by atoms with Gasteiger partial charge in [0.1, 0.15) is 5.82 Å². The van der Waals surface area contributed by atoms with Gasteiger partial charge in [0, 0.05) is 18.0 Å². The molecule has 0 heterocycles. The Hall–Kier alpha value is -1.43. The Bertz CT molecular complexity index is 465. The number of benzene rings is 1. The average Bonchev–Trinajstić information content (AvgIpc) is 2.30. The number of amides is 1. The van der Waals surface area contributed by atoms with Crippen molar-refractivity contribution in [3.05, 3.63) is 34.1 Å². The number of halogens is 2. The molecule has 18 heavy (non-hydrogen) atoms. The van der Waals surface area contributed by atoms with E-state index >= 15 is 0 Å². The number of hydrogen-bond donors (Lipinski definition) is 2. The van der Waals surface area contributed by atoms with Gasteiger partial charge in [0.25, 0.3) is 5.91 Å². The summed E-state index contributed by atoms with van der Waals surface area (Å²) in [7, 11) is 0. The first-order valence-corrected chi connectivity index (χ1v) is 6.17. The van der Waals surface area contributed by atoms with Crippen LogP contribution in [0, 0.1) is 5.82 Å². The summed E-state index contributed by atoms with van der Waals surface area (Å²) in [6.45, 7) is 1.70. The Labute approximate surface area is 112 Å². The second kappa shape index (κ2) is 6.49. The molecular formula is C12H13BrFNO3. The third kappa shape index (κ3) is 4.44. The number of rotatable bonds is 5. The molecule has 2 N–H and O–H groups in total. The van der Waals surface area contributed by atoms with Crippen molar-refractivity contribution in [2.45, 2.75) is 25.8 Å². The summed E-state index contributed by atoms with van der Waals surface area (Å²) >= 11 is 3.00. The molecule has 0 aromatic heterocycles. The van der Waals surface area contributed by atoms with Crippen molar-refractivity contribution < 1.29 is 19.1 Å². The summed E-state index contributed by atoms with van der Waals surface area (Å²) in [5.41, 5.74) is 0.206. The molecule has 98 valence electrons. The zero-order valence-corrected chi connectivity index (χ0v) is 11.3. The molecule has 0 aliphatic rings. The lowest BCUT2D eigenvalue weighted by Crippen LogP contribution is -2.33. The van der Waals surface area contributed by atoms with Gasteiger partial charge in [-0.25, -0.2) is 4.39 Å². The van der Waals surface area contributed by atoms with Gasteiger partial charge in [-0.15, -0.1) is 0 Å². The monoisotopic (exact) mass is 317 g/mol. The Morgan fingerprint density at radius 1 is 1.50 bits per heavy atom. The van der Waals surface area contributed by atoms with E-state index in [0.717, 1.165) is 6.07 Å². The van der Waals surface area contributed by atoms with Crippen molar-refractivity contribution in [2.24, 2.45) is 0 Å². The lowest BCUT2D eigenvalue weighted by molar-refractivity contribution is -0.137. The molecule has 0 saturated heterocycles. The first-order chi connectivity index (χ1) is 8.40. The normalized spacial score (nSPS) is 11.9. The largest absolute Gasteiger partial charge is 0.481 e. The van der Waals surface area contributed by atoms with Gasteiger partial charge in [-0.3, -0.25) is 9.59 Å². The first-order valence-electron chi connectivity index (χ1n) is 5.38. The second-order valence-corrected chi connectivity index (χ2v) is 4.79. The van der Waals surface area contributed by atoms with Crippen molar-refractivity contribution in [3.8, 4) is 0 Å².